The van der Waals surface area contributed by atoms with E-state index in [1.165, 1.54) is 30.2 Å². The summed E-state index contributed by atoms with van der Waals surface area (Å²) in [6, 6.07) is 11.3. The highest BCUT2D eigenvalue weighted by Crippen LogP contribution is 2.60. The van der Waals surface area contributed by atoms with Crippen molar-refractivity contribution in [3.05, 3.63) is 89.2 Å². The van der Waals surface area contributed by atoms with Crippen LogP contribution in [0.1, 0.15) is 17.2 Å². The number of rotatable bonds is 7. The smallest absolute Gasteiger partial charge is 0.186 e. The van der Waals surface area contributed by atoms with Gasteiger partial charge in [-0.2, -0.15) is 5.10 Å². The van der Waals surface area contributed by atoms with Gasteiger partial charge in [-0.15, -0.1) is 6.58 Å². The van der Waals surface area contributed by atoms with Crippen molar-refractivity contribution in [2.45, 2.75) is 23.4 Å². The second-order valence-electron chi connectivity index (χ2n) is 6.31. The van der Waals surface area contributed by atoms with Crippen LogP contribution in [-0.4, -0.2) is 20.5 Å². The first-order valence-corrected chi connectivity index (χ1v) is 9.91. The van der Waals surface area contributed by atoms with Crippen LogP contribution in [0.15, 0.2) is 66.6 Å². The Hall–Kier alpha value is -2.22. The van der Waals surface area contributed by atoms with Crippen LogP contribution >= 0.6 is 23.4 Å². The Labute approximate surface area is 170 Å². The van der Waals surface area contributed by atoms with E-state index in [1.54, 1.807) is 22.9 Å². The number of epoxide rings is 1. The molecule has 0 bridgehead atoms. The molecule has 1 aliphatic heterocycles. The monoisotopic (exact) mass is 419 g/mol. The first kappa shape index (κ1) is 19.1. The topological polar surface area (TPSA) is 43.2 Å². The van der Waals surface area contributed by atoms with Gasteiger partial charge in [0.05, 0.1) is 6.54 Å². The molecule has 0 spiro atoms. The highest BCUT2D eigenvalue weighted by molar-refractivity contribution is 7.99. The van der Waals surface area contributed by atoms with E-state index in [1.807, 2.05) is 12.1 Å². The van der Waals surface area contributed by atoms with Gasteiger partial charge in [0.2, 0.25) is 0 Å². The van der Waals surface area contributed by atoms with Crippen molar-refractivity contribution in [2.24, 2.45) is 0 Å². The molecule has 2 unspecified atom stereocenters. The van der Waals surface area contributed by atoms with E-state index in [-0.39, 0.29) is 12.1 Å². The van der Waals surface area contributed by atoms with Crippen molar-refractivity contribution in [3.8, 4) is 0 Å². The molecular formula is C20H16ClF2N3OS. The molecule has 0 radical (unpaired) electrons. The van der Waals surface area contributed by atoms with E-state index in [0.29, 0.717) is 21.5 Å². The van der Waals surface area contributed by atoms with Gasteiger partial charge in [0.1, 0.15) is 18.0 Å². The Kier molecular flexibility index (Phi) is 5.23. The molecule has 0 N–H and O–H groups in total. The molecule has 144 valence electrons. The van der Waals surface area contributed by atoms with Crippen LogP contribution in [0.25, 0.3) is 0 Å². The quantitative estimate of drug-likeness (QED) is 0.301. The zero-order valence-corrected chi connectivity index (χ0v) is 16.3. The standard InChI is InChI=1S/C20H16ClF2N3OS/c1-2-10-28-19-24-12-25-26(19)11-20(14-7-5-9-16(22)17(14)23)18(27-20)13-6-3-4-8-15(13)21/h2-9,12,18H,1,10-11H2. The van der Waals surface area contributed by atoms with E-state index in [4.69, 9.17) is 16.3 Å². The van der Waals surface area contributed by atoms with Gasteiger partial charge < -0.3 is 4.74 Å². The molecule has 2 aromatic carbocycles. The summed E-state index contributed by atoms with van der Waals surface area (Å²) in [5, 5.41) is 5.39. The summed E-state index contributed by atoms with van der Waals surface area (Å²) < 4.78 is 36.3. The zero-order valence-electron chi connectivity index (χ0n) is 14.7. The first-order chi connectivity index (χ1) is 13.6. The third kappa shape index (κ3) is 3.34. The van der Waals surface area contributed by atoms with Crippen molar-refractivity contribution in [1.29, 1.82) is 0 Å². The fraction of sp³-hybridized carbons (Fsp3) is 0.200. The summed E-state index contributed by atoms with van der Waals surface area (Å²) in [7, 11) is 0. The molecule has 4 rings (SSSR count). The molecule has 2 atom stereocenters. The van der Waals surface area contributed by atoms with Crippen LogP contribution < -0.4 is 0 Å². The molecular weight excluding hydrogens is 404 g/mol. The fourth-order valence-electron chi connectivity index (χ4n) is 3.25. The number of aromatic nitrogens is 3. The molecule has 1 aliphatic rings. The number of halogens is 3. The van der Waals surface area contributed by atoms with Crippen LogP contribution in [0.4, 0.5) is 8.78 Å². The number of thioether (sulfide) groups is 1. The minimum absolute atomic E-state index is 0.132. The number of ether oxygens (including phenoxy) is 1. The van der Waals surface area contributed by atoms with Crippen LogP contribution in [0, 0.1) is 11.6 Å². The van der Waals surface area contributed by atoms with Crippen molar-refractivity contribution in [3.63, 3.8) is 0 Å². The lowest BCUT2D eigenvalue weighted by Gasteiger charge is -2.16. The summed E-state index contributed by atoms with van der Waals surface area (Å²) in [6.07, 6.45) is 2.65. The third-order valence-corrected chi connectivity index (χ3v) is 5.91. The second kappa shape index (κ2) is 7.66. The van der Waals surface area contributed by atoms with E-state index >= 15 is 0 Å². The van der Waals surface area contributed by atoms with E-state index in [2.05, 4.69) is 16.7 Å². The fourth-order valence-corrected chi connectivity index (χ4v) is 4.13. The number of benzene rings is 2. The number of nitrogens with zero attached hydrogens (tertiary/aromatic N) is 3. The Morgan fingerprint density at radius 3 is 2.86 bits per heavy atom. The van der Waals surface area contributed by atoms with Crippen LogP contribution in [0.2, 0.25) is 5.02 Å². The molecule has 3 aromatic rings. The van der Waals surface area contributed by atoms with E-state index in [9.17, 15) is 8.78 Å². The molecule has 28 heavy (non-hydrogen) atoms. The average molecular weight is 420 g/mol. The molecule has 2 heterocycles. The van der Waals surface area contributed by atoms with Crippen LogP contribution in [0.3, 0.4) is 0 Å². The van der Waals surface area contributed by atoms with E-state index < -0.39 is 23.3 Å². The van der Waals surface area contributed by atoms with Crippen molar-refractivity contribution < 1.29 is 13.5 Å². The minimum atomic E-state index is -1.13. The molecule has 1 fully saturated rings. The van der Waals surface area contributed by atoms with Gasteiger partial charge in [0.15, 0.2) is 16.8 Å². The minimum Gasteiger partial charge on any atom is -0.354 e. The summed E-state index contributed by atoms with van der Waals surface area (Å²) in [4.78, 5) is 4.23. The van der Waals surface area contributed by atoms with Crippen molar-refractivity contribution in [1.82, 2.24) is 14.8 Å². The SMILES string of the molecule is C=CCSc1ncnn1CC1(c2cccc(F)c2F)OC1c1ccccc1Cl. The summed E-state index contributed by atoms with van der Waals surface area (Å²) in [6.45, 7) is 3.87. The first-order valence-electron chi connectivity index (χ1n) is 8.55. The Morgan fingerprint density at radius 2 is 2.07 bits per heavy atom. The van der Waals surface area contributed by atoms with Gasteiger partial charge in [0.25, 0.3) is 0 Å². The van der Waals surface area contributed by atoms with Gasteiger partial charge in [-0.05, 0) is 12.1 Å². The van der Waals surface area contributed by atoms with Gasteiger partial charge in [-0.25, -0.2) is 18.4 Å². The van der Waals surface area contributed by atoms with E-state index in [0.717, 1.165) is 6.07 Å². The molecule has 1 saturated heterocycles. The molecule has 0 aliphatic carbocycles. The van der Waals surface area contributed by atoms with Crippen molar-refractivity contribution in [2.75, 3.05) is 5.75 Å². The van der Waals surface area contributed by atoms with Crippen LogP contribution in [-0.2, 0) is 16.9 Å². The highest BCUT2D eigenvalue weighted by atomic mass is 35.5. The largest absolute Gasteiger partial charge is 0.354 e. The number of hydrogen-bond acceptors (Lipinski definition) is 4. The highest BCUT2D eigenvalue weighted by Gasteiger charge is 2.61. The summed E-state index contributed by atoms with van der Waals surface area (Å²) in [5.41, 5.74) is -0.283. The third-order valence-electron chi connectivity index (χ3n) is 4.58. The summed E-state index contributed by atoms with van der Waals surface area (Å²) in [5.74, 6) is -1.21. The maximum absolute atomic E-state index is 14.7. The molecule has 0 amide bonds. The van der Waals surface area contributed by atoms with Gasteiger partial charge in [0, 0.05) is 21.9 Å². The average Bonchev–Trinajstić information content (AvgIpc) is 3.23. The maximum atomic E-state index is 14.7. The lowest BCUT2D eigenvalue weighted by Crippen LogP contribution is -2.22. The molecule has 4 nitrogen and oxygen atoms in total. The summed E-state index contributed by atoms with van der Waals surface area (Å²) >= 11 is 7.78. The zero-order chi connectivity index (χ0) is 19.7. The molecule has 8 heteroatoms. The van der Waals surface area contributed by atoms with Gasteiger partial charge in [-0.3, -0.25) is 0 Å². The predicted octanol–water partition coefficient (Wildman–Crippen LogP) is 5.15. The van der Waals surface area contributed by atoms with Crippen LogP contribution in [0.5, 0.6) is 0 Å². The van der Waals surface area contributed by atoms with Gasteiger partial charge in [-0.1, -0.05) is 59.8 Å². The maximum Gasteiger partial charge on any atom is 0.186 e. The lowest BCUT2D eigenvalue weighted by molar-refractivity contribution is 0.249. The Bertz CT molecular complexity index is 1030. The molecule has 1 aromatic heterocycles. The molecule has 0 saturated carbocycles. The van der Waals surface area contributed by atoms with Crippen molar-refractivity contribution >= 4 is 23.4 Å². The Morgan fingerprint density at radius 1 is 1.25 bits per heavy atom. The second-order valence-corrected chi connectivity index (χ2v) is 7.70. The van der Waals surface area contributed by atoms with Gasteiger partial charge >= 0.3 is 0 Å². The lowest BCUT2D eigenvalue weighted by atomic mass is 9.91. The predicted molar refractivity (Wildman–Crippen MR) is 104 cm³/mol. The number of hydrogen-bond donors (Lipinski definition) is 0. The Balaban J connectivity index is 1.76. The normalized spacial score (nSPS) is 20.9.